The maximum Gasteiger partial charge on any atom is 0.271 e. The van der Waals surface area contributed by atoms with Crippen LogP contribution in [0.4, 0.5) is 0 Å². The molecule has 2 N–H and O–H groups in total. The molecule has 0 aliphatic rings. The van der Waals surface area contributed by atoms with Gasteiger partial charge in [0.15, 0.2) is 0 Å². The van der Waals surface area contributed by atoms with Gasteiger partial charge in [0.25, 0.3) is 5.91 Å². The van der Waals surface area contributed by atoms with Crippen LogP contribution in [0.25, 0.3) is 0 Å². The smallest absolute Gasteiger partial charge is 0.271 e. The van der Waals surface area contributed by atoms with Crippen molar-refractivity contribution in [2.75, 3.05) is 0 Å². The van der Waals surface area contributed by atoms with Crippen LogP contribution >= 0.6 is 61.1 Å². The Morgan fingerprint density at radius 3 is 2.52 bits per heavy atom. The molecule has 0 saturated heterocycles. The largest absolute Gasteiger partial charge is 0.506 e. The van der Waals surface area contributed by atoms with Gasteiger partial charge in [-0.1, -0.05) is 22.0 Å². The highest BCUT2D eigenvalue weighted by Gasteiger charge is 2.06. The van der Waals surface area contributed by atoms with Crippen molar-refractivity contribution in [3.8, 4) is 5.75 Å². The number of rotatable bonds is 3. The Kier molecular flexibility index (Phi) is 5.99. The number of amides is 1. The summed E-state index contributed by atoms with van der Waals surface area (Å²) in [5.74, 6) is -0.0257. The molecular formula is C14H9BrI2N2O2. The molecule has 1 amide bonds. The van der Waals surface area contributed by atoms with Gasteiger partial charge in [-0.2, -0.15) is 5.10 Å². The first-order chi connectivity index (χ1) is 9.97. The SMILES string of the molecule is O=C(N/N=C/c1cc(I)c(O)c(I)c1)c1cccc(Br)c1. The summed E-state index contributed by atoms with van der Waals surface area (Å²) in [6.07, 6.45) is 1.54. The van der Waals surface area contributed by atoms with E-state index in [1.807, 2.05) is 51.2 Å². The molecule has 0 saturated carbocycles. The predicted molar refractivity (Wildman–Crippen MR) is 103 cm³/mol. The fourth-order valence-electron chi connectivity index (χ4n) is 1.52. The lowest BCUT2D eigenvalue weighted by Gasteiger charge is -2.03. The Morgan fingerprint density at radius 1 is 1.24 bits per heavy atom. The van der Waals surface area contributed by atoms with E-state index < -0.39 is 0 Å². The molecule has 0 aliphatic carbocycles. The number of hydrogen-bond acceptors (Lipinski definition) is 3. The van der Waals surface area contributed by atoms with Gasteiger partial charge in [-0.15, -0.1) is 0 Å². The highest BCUT2D eigenvalue weighted by molar-refractivity contribution is 14.1. The molecule has 4 nitrogen and oxygen atoms in total. The summed E-state index contributed by atoms with van der Waals surface area (Å²) in [6, 6.07) is 10.6. The standard InChI is InChI=1S/C14H9BrI2N2O2/c15-10-3-1-2-9(6-10)14(21)19-18-7-8-4-11(16)13(20)12(17)5-8/h1-7,20H,(H,19,21)/b18-7+. The molecule has 108 valence electrons. The molecule has 0 atom stereocenters. The highest BCUT2D eigenvalue weighted by atomic mass is 127. The van der Waals surface area contributed by atoms with E-state index in [0.29, 0.717) is 5.56 Å². The van der Waals surface area contributed by atoms with Gasteiger partial charge in [0.05, 0.1) is 13.4 Å². The number of nitrogens with zero attached hydrogens (tertiary/aromatic N) is 1. The number of hydrazone groups is 1. The lowest BCUT2D eigenvalue weighted by atomic mass is 10.2. The van der Waals surface area contributed by atoms with Gasteiger partial charge in [0.1, 0.15) is 5.75 Å². The molecule has 0 unspecified atom stereocenters. The summed E-state index contributed by atoms with van der Waals surface area (Å²) in [7, 11) is 0. The van der Waals surface area contributed by atoms with E-state index in [4.69, 9.17) is 0 Å². The molecule has 0 spiro atoms. The van der Waals surface area contributed by atoms with E-state index in [1.54, 1.807) is 36.5 Å². The minimum Gasteiger partial charge on any atom is -0.506 e. The summed E-state index contributed by atoms with van der Waals surface area (Å²) in [6.45, 7) is 0. The van der Waals surface area contributed by atoms with E-state index in [-0.39, 0.29) is 11.7 Å². The van der Waals surface area contributed by atoms with Crippen molar-refractivity contribution in [1.29, 1.82) is 0 Å². The van der Waals surface area contributed by atoms with Gasteiger partial charge in [-0.05, 0) is 81.1 Å². The zero-order chi connectivity index (χ0) is 15.4. The number of nitrogens with one attached hydrogen (secondary N) is 1. The fraction of sp³-hybridized carbons (Fsp3) is 0. The molecule has 21 heavy (non-hydrogen) atoms. The van der Waals surface area contributed by atoms with Crippen LogP contribution in [0.3, 0.4) is 0 Å². The van der Waals surface area contributed by atoms with Crippen molar-refractivity contribution in [2.45, 2.75) is 0 Å². The molecule has 7 heteroatoms. The van der Waals surface area contributed by atoms with Crippen molar-refractivity contribution in [3.05, 3.63) is 59.1 Å². The van der Waals surface area contributed by atoms with Crippen molar-refractivity contribution < 1.29 is 9.90 Å². The number of benzene rings is 2. The Hall–Kier alpha value is -0.680. The summed E-state index contributed by atoms with van der Waals surface area (Å²) in [5.41, 5.74) is 3.80. The van der Waals surface area contributed by atoms with Gasteiger partial charge >= 0.3 is 0 Å². The number of hydrogen-bond donors (Lipinski definition) is 2. The monoisotopic (exact) mass is 570 g/mol. The van der Waals surface area contributed by atoms with Crippen LogP contribution in [-0.2, 0) is 0 Å². The summed E-state index contributed by atoms with van der Waals surface area (Å²) in [5, 5.41) is 13.6. The summed E-state index contributed by atoms with van der Waals surface area (Å²) < 4.78 is 2.31. The van der Waals surface area contributed by atoms with E-state index >= 15 is 0 Å². The van der Waals surface area contributed by atoms with Crippen molar-refractivity contribution in [3.63, 3.8) is 0 Å². The third kappa shape index (κ3) is 4.65. The van der Waals surface area contributed by atoms with Crippen LogP contribution in [0.15, 0.2) is 46.0 Å². The first kappa shape index (κ1) is 16.7. The van der Waals surface area contributed by atoms with E-state index in [9.17, 15) is 9.90 Å². The molecule has 0 aliphatic heterocycles. The second kappa shape index (κ2) is 7.54. The van der Waals surface area contributed by atoms with Crippen molar-refractivity contribution in [2.24, 2.45) is 5.10 Å². The lowest BCUT2D eigenvalue weighted by Crippen LogP contribution is -2.17. The first-order valence-corrected chi connectivity index (χ1v) is 8.69. The molecule has 0 aromatic heterocycles. The van der Waals surface area contributed by atoms with Crippen LogP contribution in [-0.4, -0.2) is 17.2 Å². The third-order valence-corrected chi connectivity index (χ3v) is 4.64. The summed E-state index contributed by atoms with van der Waals surface area (Å²) in [4.78, 5) is 11.9. The Balaban J connectivity index is 2.07. The molecular weight excluding hydrogens is 562 g/mol. The number of phenols is 1. The minimum atomic E-state index is -0.282. The van der Waals surface area contributed by atoms with Crippen molar-refractivity contribution >= 4 is 73.2 Å². The fourth-order valence-corrected chi connectivity index (χ4v) is 3.73. The maximum atomic E-state index is 11.9. The Morgan fingerprint density at radius 2 is 1.90 bits per heavy atom. The highest BCUT2D eigenvalue weighted by Crippen LogP contribution is 2.26. The number of phenolic OH excluding ortho intramolecular Hbond substituents is 1. The number of carbonyl (C=O) groups excluding carboxylic acids is 1. The lowest BCUT2D eigenvalue weighted by molar-refractivity contribution is 0.0955. The molecule has 2 aromatic carbocycles. The van der Waals surface area contributed by atoms with Gasteiger partial charge in [0.2, 0.25) is 0 Å². The van der Waals surface area contributed by atoms with Crippen LogP contribution in [0.2, 0.25) is 0 Å². The normalized spacial score (nSPS) is 10.8. The second-order valence-corrected chi connectivity index (χ2v) is 7.28. The average molecular weight is 571 g/mol. The zero-order valence-corrected chi connectivity index (χ0v) is 16.4. The molecule has 0 heterocycles. The molecule has 2 aromatic rings. The first-order valence-electron chi connectivity index (χ1n) is 5.74. The number of halogens is 3. The van der Waals surface area contributed by atoms with E-state index in [2.05, 4.69) is 26.5 Å². The summed E-state index contributed by atoms with van der Waals surface area (Å²) >= 11 is 7.40. The molecule has 0 bridgehead atoms. The Bertz CT molecular complexity index is 697. The second-order valence-electron chi connectivity index (χ2n) is 4.04. The van der Waals surface area contributed by atoms with Crippen LogP contribution in [0.5, 0.6) is 5.75 Å². The Labute approximate surface area is 157 Å². The van der Waals surface area contributed by atoms with E-state index in [1.165, 1.54) is 0 Å². The topological polar surface area (TPSA) is 61.7 Å². The maximum absolute atomic E-state index is 11.9. The van der Waals surface area contributed by atoms with Crippen LogP contribution in [0, 0.1) is 7.14 Å². The van der Waals surface area contributed by atoms with Crippen LogP contribution in [0.1, 0.15) is 15.9 Å². The molecule has 0 radical (unpaired) electrons. The van der Waals surface area contributed by atoms with Gasteiger partial charge in [-0.3, -0.25) is 4.79 Å². The zero-order valence-electron chi connectivity index (χ0n) is 10.5. The minimum absolute atomic E-state index is 0.256. The number of aromatic hydroxyl groups is 1. The quantitative estimate of drug-likeness (QED) is 0.331. The molecule has 0 fully saturated rings. The van der Waals surface area contributed by atoms with Crippen LogP contribution < -0.4 is 5.43 Å². The van der Waals surface area contributed by atoms with Crippen molar-refractivity contribution in [1.82, 2.24) is 5.43 Å². The van der Waals surface area contributed by atoms with Gasteiger partial charge < -0.3 is 5.11 Å². The molecule has 2 rings (SSSR count). The van der Waals surface area contributed by atoms with Gasteiger partial charge in [0, 0.05) is 10.0 Å². The average Bonchev–Trinajstić information content (AvgIpc) is 2.44. The third-order valence-electron chi connectivity index (χ3n) is 2.51. The van der Waals surface area contributed by atoms with Gasteiger partial charge in [-0.25, -0.2) is 5.43 Å². The van der Waals surface area contributed by atoms with E-state index in [0.717, 1.165) is 17.2 Å². The predicted octanol–water partition coefficient (Wildman–Crippen LogP) is 4.13. The number of carbonyl (C=O) groups is 1.